The third-order valence-corrected chi connectivity index (χ3v) is 7.48. The van der Waals surface area contributed by atoms with Crippen molar-refractivity contribution < 1.29 is 13.2 Å². The van der Waals surface area contributed by atoms with Gasteiger partial charge < -0.3 is 10.2 Å². The van der Waals surface area contributed by atoms with Gasteiger partial charge in [0.2, 0.25) is 10.0 Å². The minimum Gasteiger partial charge on any atom is -0.372 e. The Morgan fingerprint density at radius 2 is 1.62 bits per heavy atom. The highest BCUT2D eigenvalue weighted by Crippen LogP contribution is 2.24. The Morgan fingerprint density at radius 3 is 2.34 bits per heavy atom. The molecule has 1 N–H and O–H groups in total. The molecule has 0 saturated carbocycles. The van der Waals surface area contributed by atoms with Crippen LogP contribution in [-0.4, -0.2) is 39.7 Å². The van der Waals surface area contributed by atoms with Gasteiger partial charge in [-0.15, -0.1) is 0 Å². The molecule has 2 aromatic rings. The quantitative estimate of drug-likeness (QED) is 0.818. The van der Waals surface area contributed by atoms with E-state index in [1.807, 2.05) is 12.1 Å². The van der Waals surface area contributed by atoms with Gasteiger partial charge in [0.1, 0.15) is 0 Å². The second-order valence-corrected chi connectivity index (χ2v) is 9.70. The molecule has 0 aromatic heterocycles. The van der Waals surface area contributed by atoms with E-state index in [1.54, 1.807) is 24.3 Å². The van der Waals surface area contributed by atoms with Crippen LogP contribution in [0.4, 0.5) is 11.4 Å². The summed E-state index contributed by atoms with van der Waals surface area (Å²) in [6.07, 6.45) is 4.02. The summed E-state index contributed by atoms with van der Waals surface area (Å²) in [5.74, 6) is -0.0403. The molecular formula is C22H27N3O3S. The first kappa shape index (κ1) is 19.8. The molecule has 2 aromatic carbocycles. The Balaban J connectivity index is 1.40. The van der Waals surface area contributed by atoms with E-state index in [0.29, 0.717) is 30.8 Å². The van der Waals surface area contributed by atoms with E-state index in [1.165, 1.54) is 22.8 Å². The van der Waals surface area contributed by atoms with Gasteiger partial charge in [0.25, 0.3) is 5.91 Å². The number of nitrogens with one attached hydrogen (secondary N) is 1. The number of anilines is 2. The molecule has 2 aliphatic heterocycles. The minimum absolute atomic E-state index is 0.164. The average molecular weight is 414 g/mol. The number of rotatable bonds is 5. The smallest absolute Gasteiger partial charge is 0.251 e. The number of sulfonamides is 1. The Morgan fingerprint density at radius 1 is 0.897 bits per heavy atom. The molecule has 1 amide bonds. The van der Waals surface area contributed by atoms with E-state index in [9.17, 15) is 13.2 Å². The van der Waals surface area contributed by atoms with E-state index in [-0.39, 0.29) is 11.7 Å². The fraction of sp³-hybridized carbons (Fsp3) is 0.409. The third kappa shape index (κ3) is 4.56. The second-order valence-electron chi connectivity index (χ2n) is 7.69. The number of hydrogen-bond acceptors (Lipinski definition) is 4. The molecule has 2 aliphatic rings. The standard InChI is InChI=1S/C22H27N3O3S/c26-22(23-17-18-8-10-20(11-9-18)24-12-1-2-13-24)19-6-5-7-21(16-19)25-14-3-4-15-29(25,27)28/h5-11,16H,1-4,12-15,17H2,(H,23,26). The molecule has 2 saturated heterocycles. The molecule has 0 atom stereocenters. The number of carbonyl (C=O) groups is 1. The predicted octanol–water partition coefficient (Wildman–Crippen LogP) is 3.15. The summed E-state index contributed by atoms with van der Waals surface area (Å²) < 4.78 is 26.1. The van der Waals surface area contributed by atoms with Gasteiger partial charge in [0, 0.05) is 37.4 Å². The first-order valence-electron chi connectivity index (χ1n) is 10.3. The fourth-order valence-corrected chi connectivity index (χ4v) is 5.60. The van der Waals surface area contributed by atoms with Crippen molar-refractivity contribution in [2.24, 2.45) is 0 Å². The van der Waals surface area contributed by atoms with Gasteiger partial charge in [-0.1, -0.05) is 18.2 Å². The lowest BCUT2D eigenvalue weighted by molar-refractivity contribution is 0.0951. The lowest BCUT2D eigenvalue weighted by Crippen LogP contribution is -2.38. The summed E-state index contributed by atoms with van der Waals surface area (Å²) in [6.45, 7) is 3.13. The zero-order valence-electron chi connectivity index (χ0n) is 16.5. The van der Waals surface area contributed by atoms with Gasteiger partial charge in [0.05, 0.1) is 11.4 Å². The maximum absolute atomic E-state index is 12.6. The molecule has 154 valence electrons. The first-order chi connectivity index (χ1) is 14.0. The number of benzene rings is 2. The van der Waals surface area contributed by atoms with Crippen LogP contribution in [-0.2, 0) is 16.6 Å². The van der Waals surface area contributed by atoms with Crippen molar-refractivity contribution in [1.82, 2.24) is 5.32 Å². The molecule has 4 rings (SSSR count). The normalized spacial score (nSPS) is 18.6. The van der Waals surface area contributed by atoms with Gasteiger partial charge in [-0.3, -0.25) is 9.10 Å². The molecule has 6 nitrogen and oxygen atoms in total. The fourth-order valence-electron chi connectivity index (χ4n) is 3.97. The maximum Gasteiger partial charge on any atom is 0.251 e. The van der Waals surface area contributed by atoms with Crippen molar-refractivity contribution in [3.05, 3.63) is 59.7 Å². The van der Waals surface area contributed by atoms with Crippen LogP contribution >= 0.6 is 0 Å². The summed E-state index contributed by atoms with van der Waals surface area (Å²) in [4.78, 5) is 15.0. The van der Waals surface area contributed by atoms with Crippen LogP contribution in [0, 0.1) is 0 Å². The van der Waals surface area contributed by atoms with E-state index in [0.717, 1.165) is 25.1 Å². The molecule has 0 aliphatic carbocycles. The van der Waals surface area contributed by atoms with Gasteiger partial charge in [-0.25, -0.2) is 8.42 Å². The third-order valence-electron chi connectivity index (χ3n) is 5.61. The molecule has 0 bridgehead atoms. The molecule has 2 fully saturated rings. The number of nitrogens with zero attached hydrogens (tertiary/aromatic N) is 2. The summed E-state index contributed by atoms with van der Waals surface area (Å²) in [5, 5.41) is 2.93. The predicted molar refractivity (Wildman–Crippen MR) is 116 cm³/mol. The zero-order valence-corrected chi connectivity index (χ0v) is 17.3. The number of hydrogen-bond donors (Lipinski definition) is 1. The van der Waals surface area contributed by atoms with Crippen LogP contribution in [0.5, 0.6) is 0 Å². The monoisotopic (exact) mass is 413 g/mol. The Bertz CT molecular complexity index is 967. The van der Waals surface area contributed by atoms with Crippen LogP contribution in [0.15, 0.2) is 48.5 Å². The van der Waals surface area contributed by atoms with Gasteiger partial charge in [-0.05, 0) is 61.6 Å². The Labute approximate surface area is 172 Å². The topological polar surface area (TPSA) is 69.7 Å². The highest BCUT2D eigenvalue weighted by atomic mass is 32.2. The van der Waals surface area contributed by atoms with E-state index < -0.39 is 10.0 Å². The molecule has 2 heterocycles. The average Bonchev–Trinajstić information content (AvgIpc) is 3.27. The van der Waals surface area contributed by atoms with E-state index in [4.69, 9.17) is 0 Å². The van der Waals surface area contributed by atoms with Gasteiger partial charge in [-0.2, -0.15) is 0 Å². The second kappa shape index (κ2) is 8.45. The highest BCUT2D eigenvalue weighted by Gasteiger charge is 2.26. The lowest BCUT2D eigenvalue weighted by atomic mass is 10.1. The van der Waals surface area contributed by atoms with Crippen molar-refractivity contribution in [2.75, 3.05) is 34.6 Å². The van der Waals surface area contributed by atoms with Crippen molar-refractivity contribution in [2.45, 2.75) is 32.2 Å². The van der Waals surface area contributed by atoms with Gasteiger partial charge in [0.15, 0.2) is 0 Å². The molecule has 29 heavy (non-hydrogen) atoms. The van der Waals surface area contributed by atoms with Crippen LogP contribution in [0.2, 0.25) is 0 Å². The van der Waals surface area contributed by atoms with Crippen LogP contribution in [0.3, 0.4) is 0 Å². The maximum atomic E-state index is 12.6. The zero-order chi connectivity index (χ0) is 20.3. The van der Waals surface area contributed by atoms with Crippen LogP contribution in [0.25, 0.3) is 0 Å². The van der Waals surface area contributed by atoms with Crippen molar-refractivity contribution >= 4 is 27.3 Å². The molecule has 0 spiro atoms. The van der Waals surface area contributed by atoms with Crippen molar-refractivity contribution in [3.8, 4) is 0 Å². The van der Waals surface area contributed by atoms with Crippen LogP contribution < -0.4 is 14.5 Å². The summed E-state index contributed by atoms with van der Waals surface area (Å²) >= 11 is 0. The Hall–Kier alpha value is -2.54. The summed E-state index contributed by atoms with van der Waals surface area (Å²) in [5.41, 5.74) is 3.30. The van der Waals surface area contributed by atoms with Crippen molar-refractivity contribution in [3.63, 3.8) is 0 Å². The summed E-state index contributed by atoms with van der Waals surface area (Å²) in [7, 11) is -3.29. The summed E-state index contributed by atoms with van der Waals surface area (Å²) in [6, 6.07) is 15.2. The largest absolute Gasteiger partial charge is 0.372 e. The molecule has 7 heteroatoms. The molecule has 0 unspecified atom stereocenters. The van der Waals surface area contributed by atoms with Gasteiger partial charge >= 0.3 is 0 Å². The van der Waals surface area contributed by atoms with E-state index >= 15 is 0 Å². The lowest BCUT2D eigenvalue weighted by Gasteiger charge is -2.28. The molecule has 0 radical (unpaired) electrons. The van der Waals surface area contributed by atoms with E-state index in [2.05, 4.69) is 22.3 Å². The minimum atomic E-state index is -3.29. The highest BCUT2D eigenvalue weighted by molar-refractivity contribution is 7.92. The number of amides is 1. The molecular weight excluding hydrogens is 386 g/mol. The SMILES string of the molecule is O=C(NCc1ccc(N2CCCC2)cc1)c1cccc(N2CCCCS2(=O)=O)c1. The van der Waals surface area contributed by atoms with Crippen molar-refractivity contribution in [1.29, 1.82) is 0 Å². The number of carbonyl (C=O) groups excluding carboxylic acids is 1. The van der Waals surface area contributed by atoms with Crippen LogP contribution in [0.1, 0.15) is 41.6 Å². The Kier molecular flexibility index (Phi) is 5.76. The first-order valence-corrected chi connectivity index (χ1v) is 11.9.